The highest BCUT2D eigenvalue weighted by Crippen LogP contribution is 2.30. The maximum Gasteiger partial charge on any atom is 0.271 e. The van der Waals surface area contributed by atoms with Crippen LogP contribution in [-0.4, -0.2) is 47.7 Å². The van der Waals surface area contributed by atoms with Crippen molar-refractivity contribution in [3.63, 3.8) is 0 Å². The van der Waals surface area contributed by atoms with Gasteiger partial charge in [0.15, 0.2) is 11.5 Å². The zero-order chi connectivity index (χ0) is 20.3. The molecule has 0 fully saturated rings. The Kier molecular flexibility index (Phi) is 6.24. The zero-order valence-electron chi connectivity index (χ0n) is 17.4. The van der Waals surface area contributed by atoms with E-state index in [0.29, 0.717) is 23.1 Å². The molecule has 1 aromatic heterocycles. The number of amides is 1. The molecule has 2 aromatic rings. The van der Waals surface area contributed by atoms with Crippen LogP contribution >= 0.6 is 0 Å². The predicted octanol–water partition coefficient (Wildman–Crippen LogP) is 2.86. The summed E-state index contributed by atoms with van der Waals surface area (Å²) in [5.74, 6) is 2.71. The van der Waals surface area contributed by atoms with Gasteiger partial charge >= 0.3 is 0 Å². The van der Waals surface area contributed by atoms with Crippen LogP contribution in [0.5, 0.6) is 11.5 Å². The van der Waals surface area contributed by atoms with Gasteiger partial charge in [-0.05, 0) is 30.5 Å². The van der Waals surface area contributed by atoms with E-state index in [-0.39, 0.29) is 11.9 Å². The summed E-state index contributed by atoms with van der Waals surface area (Å²) in [5.41, 5.74) is 1.41. The Balaban J connectivity index is 1.68. The second-order valence-electron chi connectivity index (χ2n) is 7.67. The summed E-state index contributed by atoms with van der Waals surface area (Å²) in [6.07, 6.45) is 1.86. The van der Waals surface area contributed by atoms with Gasteiger partial charge in [-0.25, -0.2) is 4.98 Å². The number of rotatable bonds is 7. The maximum absolute atomic E-state index is 12.7. The van der Waals surface area contributed by atoms with Gasteiger partial charge in [0, 0.05) is 25.8 Å². The number of nitrogens with zero attached hydrogens (tertiary/aromatic N) is 3. The van der Waals surface area contributed by atoms with Gasteiger partial charge in [0.05, 0.1) is 26.8 Å². The number of fused-ring (bicyclic) bond motifs is 1. The Morgan fingerprint density at radius 2 is 1.93 bits per heavy atom. The smallest absolute Gasteiger partial charge is 0.271 e. The number of benzene rings is 1. The molecule has 0 radical (unpaired) electrons. The molecule has 1 N–H and O–H groups in total. The highest BCUT2D eigenvalue weighted by molar-refractivity contribution is 5.92. The topological polar surface area (TPSA) is 68.6 Å². The first kappa shape index (κ1) is 20.2. The van der Waals surface area contributed by atoms with Crippen LogP contribution in [-0.2, 0) is 13.1 Å². The third-order valence-electron chi connectivity index (χ3n) is 4.99. The molecule has 28 heavy (non-hydrogen) atoms. The summed E-state index contributed by atoms with van der Waals surface area (Å²) in [6, 6.07) is 5.47. The highest BCUT2D eigenvalue weighted by atomic mass is 16.5. The minimum Gasteiger partial charge on any atom is -0.493 e. The first-order chi connectivity index (χ1) is 13.4. The van der Waals surface area contributed by atoms with Gasteiger partial charge in [-0.2, -0.15) is 0 Å². The highest BCUT2D eigenvalue weighted by Gasteiger charge is 2.22. The van der Waals surface area contributed by atoms with Gasteiger partial charge in [0.1, 0.15) is 11.5 Å². The molecule has 7 heteroatoms. The minimum atomic E-state index is -0.177. The van der Waals surface area contributed by atoms with E-state index >= 15 is 0 Å². The molecule has 0 aliphatic carbocycles. The monoisotopic (exact) mass is 386 g/mol. The lowest BCUT2D eigenvalue weighted by atomic mass is 10.1. The van der Waals surface area contributed by atoms with Crippen LogP contribution in [0.25, 0.3) is 0 Å². The minimum absolute atomic E-state index is 0.167. The molecule has 1 aliphatic rings. The van der Waals surface area contributed by atoms with Crippen molar-refractivity contribution < 1.29 is 14.3 Å². The lowest BCUT2D eigenvalue weighted by Gasteiger charge is -2.28. The lowest BCUT2D eigenvalue weighted by Crippen LogP contribution is -2.35. The summed E-state index contributed by atoms with van der Waals surface area (Å²) < 4.78 is 12.7. The third kappa shape index (κ3) is 4.47. The maximum atomic E-state index is 12.7. The molecule has 0 bridgehead atoms. The Hall–Kier alpha value is -2.54. The number of nitrogens with one attached hydrogen (secondary N) is 1. The van der Waals surface area contributed by atoms with Gasteiger partial charge in [0.2, 0.25) is 0 Å². The molecule has 152 valence electrons. The van der Waals surface area contributed by atoms with Crippen LogP contribution < -0.4 is 14.8 Å². The Labute approximate surface area is 166 Å². The van der Waals surface area contributed by atoms with Gasteiger partial charge < -0.3 is 19.4 Å². The number of ether oxygens (including phenoxy) is 2. The van der Waals surface area contributed by atoms with Gasteiger partial charge in [-0.1, -0.05) is 19.9 Å². The normalized spacial score (nSPS) is 15.2. The molecule has 1 atom stereocenters. The van der Waals surface area contributed by atoms with Gasteiger partial charge in [-0.3, -0.25) is 9.69 Å². The second-order valence-corrected chi connectivity index (χ2v) is 7.67. The van der Waals surface area contributed by atoms with Crippen LogP contribution in [0, 0.1) is 5.92 Å². The molecule has 1 aromatic carbocycles. The summed E-state index contributed by atoms with van der Waals surface area (Å²) in [6.45, 7) is 10.1. The van der Waals surface area contributed by atoms with Crippen LogP contribution in [0.2, 0.25) is 0 Å². The number of methoxy groups -OCH3 is 2. The molecular formula is C21H30N4O3. The van der Waals surface area contributed by atoms with Crippen molar-refractivity contribution in [3.05, 3.63) is 41.5 Å². The van der Waals surface area contributed by atoms with E-state index in [1.54, 1.807) is 14.2 Å². The fraction of sp³-hybridized carbons (Fsp3) is 0.524. The summed E-state index contributed by atoms with van der Waals surface area (Å²) in [7, 11) is 3.20. The van der Waals surface area contributed by atoms with Crippen molar-refractivity contribution in [1.82, 2.24) is 19.8 Å². The summed E-state index contributed by atoms with van der Waals surface area (Å²) >= 11 is 0. The fourth-order valence-electron chi connectivity index (χ4n) is 3.56. The van der Waals surface area contributed by atoms with Crippen LogP contribution in [0.1, 0.15) is 48.7 Å². The van der Waals surface area contributed by atoms with Crippen molar-refractivity contribution in [2.45, 2.75) is 39.9 Å². The molecule has 0 saturated carbocycles. The van der Waals surface area contributed by atoms with Crippen LogP contribution in [0.4, 0.5) is 0 Å². The van der Waals surface area contributed by atoms with E-state index in [9.17, 15) is 4.79 Å². The first-order valence-corrected chi connectivity index (χ1v) is 9.72. The molecular weight excluding hydrogens is 356 g/mol. The van der Waals surface area contributed by atoms with E-state index < -0.39 is 0 Å². The molecule has 1 amide bonds. The third-order valence-corrected chi connectivity index (χ3v) is 4.99. The molecule has 0 unspecified atom stereocenters. The van der Waals surface area contributed by atoms with Crippen molar-refractivity contribution >= 4 is 5.91 Å². The SMILES string of the molecule is COc1ccc([C@@H](C)NC(=O)c2cn3c(n2)CN(CC(C)C)CC3)cc1OC. The van der Waals surface area contributed by atoms with Crippen molar-refractivity contribution in [1.29, 1.82) is 0 Å². The molecule has 1 aliphatic heterocycles. The number of imidazole rings is 1. The quantitative estimate of drug-likeness (QED) is 0.792. The van der Waals surface area contributed by atoms with Crippen LogP contribution in [0.3, 0.4) is 0 Å². The largest absolute Gasteiger partial charge is 0.493 e. The van der Waals surface area contributed by atoms with E-state index in [2.05, 4.69) is 33.6 Å². The molecule has 0 spiro atoms. The van der Waals surface area contributed by atoms with Crippen molar-refractivity contribution in [2.24, 2.45) is 5.92 Å². The second kappa shape index (κ2) is 8.65. The van der Waals surface area contributed by atoms with Gasteiger partial charge in [-0.15, -0.1) is 0 Å². The van der Waals surface area contributed by atoms with E-state index in [4.69, 9.17) is 9.47 Å². The van der Waals surface area contributed by atoms with Gasteiger partial charge in [0.25, 0.3) is 5.91 Å². The molecule has 7 nitrogen and oxygen atoms in total. The Morgan fingerprint density at radius 1 is 1.18 bits per heavy atom. The average Bonchev–Trinajstić information content (AvgIpc) is 3.10. The first-order valence-electron chi connectivity index (χ1n) is 9.72. The Morgan fingerprint density at radius 3 is 2.61 bits per heavy atom. The fourth-order valence-corrected chi connectivity index (χ4v) is 3.56. The lowest BCUT2D eigenvalue weighted by molar-refractivity contribution is 0.0935. The predicted molar refractivity (Wildman–Crippen MR) is 108 cm³/mol. The van der Waals surface area contributed by atoms with Crippen molar-refractivity contribution in [3.8, 4) is 11.5 Å². The standard InChI is InChI=1S/C21H30N4O3/c1-14(2)11-24-8-9-25-12-17(23-20(25)13-24)21(26)22-15(3)16-6-7-18(27-4)19(10-16)28-5/h6-7,10,12,14-15H,8-9,11,13H2,1-5H3,(H,22,26)/t15-/m1/s1. The molecule has 3 rings (SSSR count). The van der Waals surface area contributed by atoms with Crippen LogP contribution in [0.15, 0.2) is 24.4 Å². The number of hydrogen-bond donors (Lipinski definition) is 1. The number of carbonyl (C=O) groups excluding carboxylic acids is 1. The number of carbonyl (C=O) groups is 1. The average molecular weight is 386 g/mol. The molecule has 0 saturated heterocycles. The summed E-state index contributed by atoms with van der Waals surface area (Å²) in [4.78, 5) is 19.7. The number of hydrogen-bond acceptors (Lipinski definition) is 5. The zero-order valence-corrected chi connectivity index (χ0v) is 17.4. The van der Waals surface area contributed by atoms with E-state index in [1.165, 1.54) is 0 Å². The van der Waals surface area contributed by atoms with E-state index in [0.717, 1.165) is 37.6 Å². The number of aromatic nitrogens is 2. The van der Waals surface area contributed by atoms with Crippen molar-refractivity contribution in [2.75, 3.05) is 27.3 Å². The summed E-state index contributed by atoms with van der Waals surface area (Å²) in [5, 5.41) is 3.03. The molecule has 2 heterocycles. The van der Waals surface area contributed by atoms with E-state index in [1.807, 2.05) is 31.3 Å². The Bertz CT molecular complexity index is 831.